The molecular weight excluding hydrogens is 843 g/mol. The van der Waals surface area contributed by atoms with Crippen LogP contribution in [0.5, 0.6) is 0 Å². The van der Waals surface area contributed by atoms with Gasteiger partial charge in [-0.15, -0.1) is 0 Å². The number of hydroxylamine groups is 1. The second kappa shape index (κ2) is 57.1. The summed E-state index contributed by atoms with van der Waals surface area (Å²) in [6.07, 6.45) is 10.3. The highest BCUT2D eigenvalue weighted by molar-refractivity contribution is 8.14. The molecule has 0 saturated heterocycles. The van der Waals surface area contributed by atoms with Crippen LogP contribution in [-0.2, 0) is 33.7 Å². The summed E-state index contributed by atoms with van der Waals surface area (Å²) >= 11 is 1.68. The quantitative estimate of drug-likeness (QED) is 0.274. The van der Waals surface area contributed by atoms with Crippen molar-refractivity contribution >= 4 is 46.4 Å². The van der Waals surface area contributed by atoms with Crippen LogP contribution >= 0.6 is 11.8 Å². The van der Waals surface area contributed by atoms with Crippen molar-refractivity contribution in [2.24, 2.45) is 66.1 Å². The van der Waals surface area contributed by atoms with E-state index >= 15 is 0 Å². The van der Waals surface area contributed by atoms with E-state index in [0.717, 1.165) is 36.9 Å². The Morgan fingerprint density at radius 2 is 1.17 bits per heavy atom. The van der Waals surface area contributed by atoms with Crippen LogP contribution in [0.2, 0.25) is 0 Å². The number of hydrogen-bond acceptors (Lipinski definition) is 15. The number of amidine groups is 1. The Morgan fingerprint density at radius 1 is 0.585 bits per heavy atom. The molecule has 1 unspecified atom stereocenters. The van der Waals surface area contributed by atoms with E-state index in [2.05, 4.69) is 110 Å². The maximum absolute atomic E-state index is 5.06. The van der Waals surface area contributed by atoms with Crippen LogP contribution < -0.4 is 5.48 Å². The lowest BCUT2D eigenvalue weighted by Gasteiger charge is -2.20. The molecule has 0 radical (unpaired) electrons. The van der Waals surface area contributed by atoms with E-state index in [1.165, 1.54) is 49.9 Å². The Hall–Kier alpha value is -3.07. The van der Waals surface area contributed by atoms with Gasteiger partial charge >= 0.3 is 0 Å². The van der Waals surface area contributed by atoms with Gasteiger partial charge in [-0.3, -0.25) is 15.3 Å². The highest BCUT2D eigenvalue weighted by atomic mass is 32.2. The molecule has 1 N–H and O–H groups in total. The largest absolute Gasteiger partial charge is 0.477 e. The fourth-order valence-corrected chi connectivity index (χ4v) is 5.18. The van der Waals surface area contributed by atoms with E-state index in [0.29, 0.717) is 60.7 Å². The summed E-state index contributed by atoms with van der Waals surface area (Å²) in [5, 5.41) is 16.1. The van der Waals surface area contributed by atoms with Crippen LogP contribution in [0.4, 0.5) is 0 Å². The molecule has 0 aromatic rings. The van der Waals surface area contributed by atoms with Crippen LogP contribution in [0.15, 0.2) is 30.6 Å². The van der Waals surface area contributed by atoms with Crippen molar-refractivity contribution in [3.05, 3.63) is 0 Å². The summed E-state index contributed by atoms with van der Waals surface area (Å²) in [4.78, 5) is 32.7. The third-order valence-electron chi connectivity index (χ3n) is 8.00. The van der Waals surface area contributed by atoms with Gasteiger partial charge in [0.25, 0.3) is 6.79 Å². The van der Waals surface area contributed by atoms with Crippen LogP contribution in [0.3, 0.4) is 0 Å². The van der Waals surface area contributed by atoms with Crippen LogP contribution in [0, 0.1) is 35.5 Å². The molecule has 0 fully saturated rings. The van der Waals surface area contributed by atoms with E-state index < -0.39 is 0 Å². The molecule has 0 aromatic heterocycles. The maximum Gasteiger partial charge on any atom is 0.257 e. The molecule has 15 heteroatoms. The molecule has 14 nitrogen and oxygen atoms in total. The Bertz CT molecular complexity index is 1060. The van der Waals surface area contributed by atoms with Gasteiger partial charge in [-0.05, 0) is 61.4 Å². The topological polar surface area (TPSA) is 151 Å². The average molecular weight is 951 g/mol. The second-order valence-electron chi connectivity index (χ2n) is 14.8. The van der Waals surface area contributed by atoms with Crippen molar-refractivity contribution in [2.75, 3.05) is 39.2 Å². The summed E-state index contributed by atoms with van der Waals surface area (Å²) in [6, 6.07) is 0. The predicted octanol–water partition coefficient (Wildman–Crippen LogP) is 15.2. The van der Waals surface area contributed by atoms with Gasteiger partial charge in [0.05, 0.1) is 5.71 Å². The smallest absolute Gasteiger partial charge is 0.257 e. The van der Waals surface area contributed by atoms with E-state index in [9.17, 15) is 0 Å². The molecule has 0 bridgehead atoms. The van der Waals surface area contributed by atoms with Gasteiger partial charge in [-0.25, -0.2) is 4.99 Å². The van der Waals surface area contributed by atoms with Crippen molar-refractivity contribution in [2.45, 2.75) is 217 Å². The van der Waals surface area contributed by atoms with Gasteiger partial charge in [-0.2, -0.15) is 0 Å². The van der Waals surface area contributed by atoms with Gasteiger partial charge in [-0.1, -0.05) is 200 Å². The molecule has 6 aliphatic heterocycles. The van der Waals surface area contributed by atoms with Crippen LogP contribution in [-0.4, -0.2) is 79.9 Å². The minimum absolute atomic E-state index is 0.134. The Labute approximate surface area is 406 Å². The van der Waals surface area contributed by atoms with Crippen LogP contribution in [0.1, 0.15) is 211 Å². The normalized spacial score (nSPS) is 17.0. The lowest BCUT2D eigenvalue weighted by molar-refractivity contribution is -0.0306. The Kier molecular flexibility index (Phi) is 64.5. The SMILES string of the molecule is CC.CC.CC.CC.CC.CC.CC(C)C1=NCCCCC1.CC(C)C1=NCON1.CC(C)C1=NOCCCC1.CC(C)C1=NOCO1.CC(C)C1=NOCS1.CC(C)C1COC=NO1. The number of nitrogens with one attached hydrogen (secondary N) is 1. The first kappa shape index (κ1) is 73.5. The minimum Gasteiger partial charge on any atom is -0.477 e. The molecule has 6 heterocycles. The molecule has 0 saturated carbocycles. The number of thioether (sulfide) groups is 1. The number of aliphatic imine (C=N–C) groups is 2. The molecule has 0 spiro atoms. The molecule has 65 heavy (non-hydrogen) atoms. The fraction of sp³-hybridized carbons (Fsp3) is 0.880. The first-order chi connectivity index (χ1) is 31.3. The number of hydrogen-bond donors (Lipinski definition) is 1. The molecule has 0 amide bonds. The highest BCUT2D eigenvalue weighted by Crippen LogP contribution is 2.19. The fourth-order valence-electron chi connectivity index (χ4n) is 4.52. The van der Waals surface area contributed by atoms with Gasteiger partial charge in [0.15, 0.2) is 18.8 Å². The number of rotatable bonds is 6. The second-order valence-corrected chi connectivity index (χ2v) is 15.8. The van der Waals surface area contributed by atoms with E-state index in [1.807, 2.05) is 96.9 Å². The molecule has 390 valence electrons. The van der Waals surface area contributed by atoms with E-state index in [4.69, 9.17) is 28.8 Å². The summed E-state index contributed by atoms with van der Waals surface area (Å²) in [6.45, 7) is 52.6. The molecule has 0 aliphatic carbocycles. The third-order valence-corrected chi connectivity index (χ3v) is 9.06. The zero-order valence-electron chi connectivity index (χ0n) is 46.8. The third kappa shape index (κ3) is 45.9. The van der Waals surface area contributed by atoms with Crippen molar-refractivity contribution in [1.29, 1.82) is 0 Å². The molecule has 6 rings (SSSR count). The van der Waals surface area contributed by atoms with Crippen LogP contribution in [0.25, 0.3) is 0 Å². The monoisotopic (exact) mass is 950 g/mol. The molecule has 1 atom stereocenters. The number of nitrogens with zero attached hydrogens (tertiary/aromatic N) is 6. The first-order valence-electron chi connectivity index (χ1n) is 25.4. The standard InChI is InChI=1S/C9H17N.C8H15NO.C6H11NO2.C5H10N2O.C5H9NO2.C5H9NOS.6C2H6/c1-8(2)9-6-4-3-5-7-10-9;1-7(2)8-5-3-4-6-10-9-8;1-5(2)6-3-8-4-7-9-6;1-4(2)5-6-3-8-7-5;1-4(2)5-6-8-3-7-5;1-4(2)5-6-7-3-8-5;6*1-2/h8H,3-7H2,1-2H3;7H,3-6H2,1-2H3;4-6H,3H2,1-2H3;4H,3H2,1-2H3,(H,6,7);2*4H,3H2,1-2H3;6*1-2H3. The summed E-state index contributed by atoms with van der Waals surface area (Å²) in [5.41, 5.74) is 5.37. The molecule has 6 aliphatic rings. The Balaban J connectivity index is -0.000000153. The van der Waals surface area contributed by atoms with Gasteiger partial charge in [0.2, 0.25) is 12.3 Å². The molecule has 0 aromatic carbocycles. The van der Waals surface area contributed by atoms with Gasteiger partial charge < -0.3 is 28.8 Å². The average Bonchev–Trinajstić information content (AvgIpc) is 4.13. The lowest BCUT2D eigenvalue weighted by Crippen LogP contribution is -2.26. The van der Waals surface area contributed by atoms with E-state index in [-0.39, 0.29) is 12.9 Å². The number of oxime groups is 4. The summed E-state index contributed by atoms with van der Waals surface area (Å²) in [5.74, 6) is 5.39. The predicted molar refractivity (Wildman–Crippen MR) is 286 cm³/mol. The van der Waals surface area contributed by atoms with E-state index in [1.54, 1.807) is 11.8 Å². The lowest BCUT2D eigenvalue weighted by atomic mass is 10.0. The molecular formula is C50H107N7O7S. The van der Waals surface area contributed by atoms with Crippen molar-refractivity contribution in [1.82, 2.24) is 5.48 Å². The Morgan fingerprint density at radius 3 is 1.52 bits per heavy atom. The summed E-state index contributed by atoms with van der Waals surface area (Å²) in [7, 11) is 0. The summed E-state index contributed by atoms with van der Waals surface area (Å²) < 4.78 is 9.87. The zero-order chi connectivity index (χ0) is 51.4. The number of ether oxygens (including phenoxy) is 2. The van der Waals surface area contributed by atoms with Crippen molar-refractivity contribution in [3.63, 3.8) is 0 Å². The van der Waals surface area contributed by atoms with Gasteiger partial charge in [0.1, 0.15) is 24.1 Å². The van der Waals surface area contributed by atoms with Crippen molar-refractivity contribution in [3.8, 4) is 0 Å². The maximum atomic E-state index is 5.06. The zero-order valence-corrected chi connectivity index (χ0v) is 47.6. The minimum atomic E-state index is 0.134. The van der Waals surface area contributed by atoms with Crippen molar-refractivity contribution < 1.29 is 33.7 Å². The first-order valence-corrected chi connectivity index (χ1v) is 26.4. The highest BCUT2D eigenvalue weighted by Gasteiger charge is 2.17. The van der Waals surface area contributed by atoms with Gasteiger partial charge in [0, 0.05) is 30.0 Å².